The first-order valence-electron chi connectivity index (χ1n) is 9.98. The van der Waals surface area contributed by atoms with Crippen LogP contribution in [0.4, 0.5) is 5.69 Å². The molecule has 0 unspecified atom stereocenters. The van der Waals surface area contributed by atoms with Crippen LogP contribution >= 0.6 is 0 Å². The zero-order valence-electron chi connectivity index (χ0n) is 17.1. The summed E-state index contributed by atoms with van der Waals surface area (Å²) in [6.07, 6.45) is 0.780. The summed E-state index contributed by atoms with van der Waals surface area (Å²) in [6, 6.07) is 20.7. The van der Waals surface area contributed by atoms with Crippen molar-refractivity contribution in [2.45, 2.75) is 19.9 Å². The SMILES string of the molecule is COc1ccc(C(=O)N2CCc3ccc(C(=O)NCc4cccc(C)c4)cc32)cc1. The van der Waals surface area contributed by atoms with Gasteiger partial charge >= 0.3 is 0 Å². The molecule has 5 heteroatoms. The number of fused-ring (bicyclic) bond motifs is 1. The van der Waals surface area contributed by atoms with Crippen LogP contribution in [0.5, 0.6) is 5.75 Å². The summed E-state index contributed by atoms with van der Waals surface area (Å²) in [4.78, 5) is 27.5. The predicted molar refractivity (Wildman–Crippen MR) is 117 cm³/mol. The molecule has 0 saturated carbocycles. The van der Waals surface area contributed by atoms with Crippen molar-refractivity contribution in [3.8, 4) is 5.75 Å². The average Bonchev–Trinajstić information content (AvgIpc) is 3.20. The van der Waals surface area contributed by atoms with E-state index in [1.54, 1.807) is 36.3 Å². The van der Waals surface area contributed by atoms with Crippen LogP contribution in [0.2, 0.25) is 0 Å². The summed E-state index contributed by atoms with van der Waals surface area (Å²) in [6.45, 7) is 3.10. The van der Waals surface area contributed by atoms with Gasteiger partial charge in [0, 0.05) is 29.9 Å². The number of methoxy groups -OCH3 is 1. The molecule has 0 aromatic heterocycles. The van der Waals surface area contributed by atoms with E-state index in [1.165, 1.54) is 0 Å². The van der Waals surface area contributed by atoms with Crippen molar-refractivity contribution in [1.82, 2.24) is 5.32 Å². The molecule has 0 fully saturated rings. The van der Waals surface area contributed by atoms with E-state index in [2.05, 4.69) is 11.4 Å². The van der Waals surface area contributed by atoms with E-state index in [-0.39, 0.29) is 11.8 Å². The van der Waals surface area contributed by atoms with Crippen molar-refractivity contribution in [3.63, 3.8) is 0 Å². The molecule has 30 heavy (non-hydrogen) atoms. The predicted octanol–water partition coefficient (Wildman–Crippen LogP) is 4.14. The molecule has 152 valence electrons. The zero-order chi connectivity index (χ0) is 21.1. The van der Waals surface area contributed by atoms with Crippen LogP contribution in [0.15, 0.2) is 66.7 Å². The van der Waals surface area contributed by atoms with Crippen LogP contribution in [0.3, 0.4) is 0 Å². The Labute approximate surface area is 176 Å². The molecule has 0 atom stereocenters. The summed E-state index contributed by atoms with van der Waals surface area (Å²) in [5, 5.41) is 2.97. The normalized spacial score (nSPS) is 12.4. The van der Waals surface area contributed by atoms with Crippen LogP contribution in [-0.4, -0.2) is 25.5 Å². The second kappa shape index (κ2) is 8.41. The third-order valence-corrected chi connectivity index (χ3v) is 5.36. The van der Waals surface area contributed by atoms with E-state index in [9.17, 15) is 9.59 Å². The fourth-order valence-electron chi connectivity index (χ4n) is 3.73. The van der Waals surface area contributed by atoms with Crippen LogP contribution in [0.1, 0.15) is 37.4 Å². The third-order valence-electron chi connectivity index (χ3n) is 5.36. The number of carbonyl (C=O) groups is 2. The van der Waals surface area contributed by atoms with E-state index >= 15 is 0 Å². The molecule has 0 spiro atoms. The minimum atomic E-state index is -0.150. The number of hydrogen-bond acceptors (Lipinski definition) is 3. The van der Waals surface area contributed by atoms with Crippen molar-refractivity contribution < 1.29 is 14.3 Å². The number of rotatable bonds is 5. The highest BCUT2D eigenvalue weighted by atomic mass is 16.5. The number of hydrogen-bond donors (Lipinski definition) is 1. The van der Waals surface area contributed by atoms with Gasteiger partial charge in [-0.25, -0.2) is 0 Å². The number of nitrogens with one attached hydrogen (secondary N) is 1. The van der Waals surface area contributed by atoms with Gasteiger partial charge in [0.15, 0.2) is 0 Å². The van der Waals surface area contributed by atoms with Crippen LogP contribution in [0, 0.1) is 6.92 Å². The second-order valence-electron chi connectivity index (χ2n) is 7.45. The summed E-state index contributed by atoms with van der Waals surface area (Å²) in [5.74, 6) is 0.484. The quantitative estimate of drug-likeness (QED) is 0.700. The maximum absolute atomic E-state index is 13.0. The van der Waals surface area contributed by atoms with Gasteiger partial charge in [0.1, 0.15) is 5.75 Å². The summed E-state index contributed by atoms with van der Waals surface area (Å²) in [5.41, 5.74) is 5.24. The van der Waals surface area contributed by atoms with Gasteiger partial charge in [0.25, 0.3) is 11.8 Å². The lowest BCUT2D eigenvalue weighted by molar-refractivity contribution is 0.0948. The van der Waals surface area contributed by atoms with Gasteiger partial charge in [0.2, 0.25) is 0 Å². The van der Waals surface area contributed by atoms with E-state index in [0.717, 1.165) is 28.8 Å². The van der Waals surface area contributed by atoms with Gasteiger partial charge < -0.3 is 15.0 Å². The van der Waals surface area contributed by atoms with Gasteiger partial charge in [-0.3, -0.25) is 9.59 Å². The number of anilines is 1. The zero-order valence-corrected chi connectivity index (χ0v) is 17.1. The van der Waals surface area contributed by atoms with Gasteiger partial charge in [0.05, 0.1) is 7.11 Å². The Bertz CT molecular complexity index is 1090. The van der Waals surface area contributed by atoms with Crippen molar-refractivity contribution >= 4 is 17.5 Å². The van der Waals surface area contributed by atoms with E-state index in [1.807, 2.05) is 43.3 Å². The maximum Gasteiger partial charge on any atom is 0.258 e. The highest BCUT2D eigenvalue weighted by molar-refractivity contribution is 6.08. The van der Waals surface area contributed by atoms with Crippen LogP contribution in [-0.2, 0) is 13.0 Å². The lowest BCUT2D eigenvalue weighted by Gasteiger charge is -2.18. The van der Waals surface area contributed by atoms with Gasteiger partial charge in [-0.05, 0) is 60.9 Å². The Hall–Kier alpha value is -3.60. The average molecular weight is 400 g/mol. The molecule has 5 nitrogen and oxygen atoms in total. The minimum Gasteiger partial charge on any atom is -0.497 e. The first kappa shape index (κ1) is 19.7. The molecule has 1 N–H and O–H groups in total. The first-order valence-corrected chi connectivity index (χ1v) is 9.98. The van der Waals surface area contributed by atoms with Gasteiger partial charge in [-0.2, -0.15) is 0 Å². The molecular formula is C25H24N2O3. The third kappa shape index (κ3) is 4.06. The van der Waals surface area contributed by atoms with E-state index in [0.29, 0.717) is 30.0 Å². The van der Waals surface area contributed by atoms with Crippen LogP contribution < -0.4 is 15.0 Å². The smallest absolute Gasteiger partial charge is 0.258 e. The standard InChI is InChI=1S/C25H24N2O3/c1-17-4-3-5-18(14-17)16-26-24(28)21-7-6-19-12-13-27(23(19)15-21)25(29)20-8-10-22(30-2)11-9-20/h3-11,14-15H,12-13,16H2,1-2H3,(H,26,28). The molecule has 4 rings (SSSR count). The van der Waals surface area contributed by atoms with Crippen molar-refractivity contribution in [2.75, 3.05) is 18.6 Å². The fourth-order valence-corrected chi connectivity index (χ4v) is 3.73. The molecule has 0 radical (unpaired) electrons. The first-order chi connectivity index (χ1) is 14.5. The Morgan fingerprint density at radius 2 is 1.77 bits per heavy atom. The number of amides is 2. The fraction of sp³-hybridized carbons (Fsp3) is 0.200. The van der Waals surface area contributed by atoms with Crippen LogP contribution in [0.25, 0.3) is 0 Å². The Morgan fingerprint density at radius 3 is 2.50 bits per heavy atom. The minimum absolute atomic E-state index is 0.0753. The Morgan fingerprint density at radius 1 is 1.00 bits per heavy atom. The second-order valence-corrected chi connectivity index (χ2v) is 7.45. The lowest BCUT2D eigenvalue weighted by atomic mass is 10.1. The largest absolute Gasteiger partial charge is 0.497 e. The summed E-state index contributed by atoms with van der Waals surface area (Å²) >= 11 is 0. The van der Waals surface area contributed by atoms with E-state index in [4.69, 9.17) is 4.74 Å². The number of nitrogens with zero attached hydrogens (tertiary/aromatic N) is 1. The number of aryl methyl sites for hydroxylation is 1. The monoisotopic (exact) mass is 400 g/mol. The number of carbonyl (C=O) groups excluding carboxylic acids is 2. The Kier molecular flexibility index (Phi) is 5.53. The van der Waals surface area contributed by atoms with Gasteiger partial charge in [-0.1, -0.05) is 35.9 Å². The molecule has 0 bridgehead atoms. The summed E-state index contributed by atoms with van der Waals surface area (Å²) in [7, 11) is 1.60. The van der Waals surface area contributed by atoms with Gasteiger partial charge in [-0.15, -0.1) is 0 Å². The van der Waals surface area contributed by atoms with E-state index < -0.39 is 0 Å². The molecular weight excluding hydrogens is 376 g/mol. The lowest BCUT2D eigenvalue weighted by Crippen LogP contribution is -2.29. The molecule has 3 aromatic carbocycles. The highest BCUT2D eigenvalue weighted by Gasteiger charge is 2.26. The molecule has 1 aliphatic heterocycles. The number of ether oxygens (including phenoxy) is 1. The topological polar surface area (TPSA) is 58.6 Å². The highest BCUT2D eigenvalue weighted by Crippen LogP contribution is 2.30. The molecule has 2 amide bonds. The molecule has 1 heterocycles. The van der Waals surface area contributed by atoms with Crippen molar-refractivity contribution in [3.05, 3.63) is 94.5 Å². The Balaban J connectivity index is 1.50. The molecule has 3 aromatic rings. The molecule has 1 aliphatic rings. The van der Waals surface area contributed by atoms with Crippen molar-refractivity contribution in [2.24, 2.45) is 0 Å². The summed E-state index contributed by atoms with van der Waals surface area (Å²) < 4.78 is 5.16. The number of benzene rings is 3. The maximum atomic E-state index is 13.0. The molecule has 0 saturated heterocycles. The molecule has 0 aliphatic carbocycles. The van der Waals surface area contributed by atoms with Crippen molar-refractivity contribution in [1.29, 1.82) is 0 Å².